The third-order valence-corrected chi connectivity index (χ3v) is 4.42. The number of nitrogens with one attached hydrogen (secondary N) is 1. The number of hydrogen-bond acceptors (Lipinski definition) is 4. The molecule has 1 heterocycles. The van der Waals surface area contributed by atoms with E-state index in [1.54, 1.807) is 0 Å². The molecule has 1 atom stereocenters. The molecule has 0 aliphatic heterocycles. The van der Waals surface area contributed by atoms with Gasteiger partial charge in [-0.1, -0.05) is 29.3 Å². The number of carboxylic acid groups (broad SMARTS) is 1. The van der Waals surface area contributed by atoms with E-state index in [1.165, 1.54) is 18.3 Å². The highest BCUT2D eigenvalue weighted by Gasteiger charge is 2.36. The molecule has 6 nitrogen and oxygen atoms in total. The van der Waals surface area contributed by atoms with Crippen molar-refractivity contribution >= 4 is 35.1 Å². The summed E-state index contributed by atoms with van der Waals surface area (Å²) in [4.78, 5) is 31.2. The molecule has 25 heavy (non-hydrogen) atoms. The fourth-order valence-electron chi connectivity index (χ4n) is 2.59. The molecule has 0 unspecified atom stereocenters. The van der Waals surface area contributed by atoms with Gasteiger partial charge in [0.1, 0.15) is 16.7 Å². The van der Waals surface area contributed by atoms with E-state index in [0.717, 1.165) is 19.0 Å². The predicted molar refractivity (Wildman–Crippen MR) is 88.5 cm³/mol. The maximum absolute atomic E-state index is 15.0. The lowest BCUT2D eigenvalue weighted by atomic mass is 9.96. The molecule has 0 spiro atoms. The first kappa shape index (κ1) is 17.6. The minimum atomic E-state index is -1.26. The van der Waals surface area contributed by atoms with Gasteiger partial charge in [0.05, 0.1) is 29.0 Å². The Labute approximate surface area is 152 Å². The van der Waals surface area contributed by atoms with Gasteiger partial charge in [-0.3, -0.25) is 4.79 Å². The van der Waals surface area contributed by atoms with Crippen LogP contribution in [0.1, 0.15) is 40.5 Å². The van der Waals surface area contributed by atoms with Crippen LogP contribution in [-0.4, -0.2) is 27.0 Å². The van der Waals surface area contributed by atoms with Crippen molar-refractivity contribution in [2.75, 3.05) is 0 Å². The molecular formula is C16H12Cl2FN3O3. The van der Waals surface area contributed by atoms with E-state index in [9.17, 15) is 9.59 Å². The van der Waals surface area contributed by atoms with Crippen molar-refractivity contribution in [1.82, 2.24) is 15.3 Å². The number of carbonyl (C=O) groups is 2. The Morgan fingerprint density at radius 2 is 1.96 bits per heavy atom. The zero-order valence-corrected chi connectivity index (χ0v) is 14.2. The summed E-state index contributed by atoms with van der Waals surface area (Å²) in [7, 11) is 0. The number of nitrogens with zero attached hydrogens (tertiary/aromatic N) is 2. The number of hydrogen-bond donors (Lipinski definition) is 2. The Hall–Kier alpha value is -2.25. The molecule has 1 aliphatic carbocycles. The summed E-state index contributed by atoms with van der Waals surface area (Å²) in [6.07, 6.45) is 2.59. The van der Waals surface area contributed by atoms with Crippen molar-refractivity contribution < 1.29 is 19.1 Å². The van der Waals surface area contributed by atoms with Crippen molar-refractivity contribution in [2.45, 2.75) is 18.9 Å². The monoisotopic (exact) mass is 383 g/mol. The van der Waals surface area contributed by atoms with Crippen LogP contribution in [0.4, 0.5) is 9.18 Å². The number of ketones is 1. The number of amides is 1. The van der Waals surface area contributed by atoms with Crippen LogP contribution >= 0.6 is 23.2 Å². The van der Waals surface area contributed by atoms with Crippen LogP contribution in [0.3, 0.4) is 0 Å². The van der Waals surface area contributed by atoms with Crippen LogP contribution in [-0.2, 0) is 0 Å². The standard InChI is InChI=1S/C16H12Cl2FN3O3/c17-9-4-3-8(14(7-1-2-7)22-16(24)25)13(19)12(9)15(23)10-5-21-11(18)6-20-10/h3-7,14,22H,1-2H2,(H,24,25)/t14-/m1/s1. The molecule has 3 rings (SSSR count). The molecule has 1 aromatic heterocycles. The molecule has 2 aromatic rings. The highest BCUT2D eigenvalue weighted by Crippen LogP contribution is 2.42. The summed E-state index contributed by atoms with van der Waals surface area (Å²) in [6.45, 7) is 0. The van der Waals surface area contributed by atoms with Crippen LogP contribution < -0.4 is 5.32 Å². The highest BCUT2D eigenvalue weighted by atomic mass is 35.5. The molecule has 0 radical (unpaired) electrons. The number of halogens is 3. The Balaban J connectivity index is 2.03. The second-order valence-corrected chi connectivity index (χ2v) is 6.44. The zero-order chi connectivity index (χ0) is 18.1. The predicted octanol–water partition coefficient (Wildman–Crippen LogP) is 3.87. The van der Waals surface area contributed by atoms with E-state index >= 15 is 4.39 Å². The minimum Gasteiger partial charge on any atom is -0.465 e. The van der Waals surface area contributed by atoms with Gasteiger partial charge in [-0.15, -0.1) is 0 Å². The number of aromatic nitrogens is 2. The molecular weight excluding hydrogens is 372 g/mol. The van der Waals surface area contributed by atoms with Gasteiger partial charge in [0.2, 0.25) is 5.78 Å². The van der Waals surface area contributed by atoms with Crippen molar-refractivity contribution in [3.05, 3.63) is 57.3 Å². The van der Waals surface area contributed by atoms with Crippen LogP contribution in [0.2, 0.25) is 10.2 Å². The first-order valence-corrected chi connectivity index (χ1v) is 8.13. The second kappa shape index (κ2) is 6.93. The van der Waals surface area contributed by atoms with Crippen LogP contribution in [0, 0.1) is 11.7 Å². The van der Waals surface area contributed by atoms with E-state index in [0.29, 0.717) is 0 Å². The van der Waals surface area contributed by atoms with E-state index in [1.807, 2.05) is 0 Å². The zero-order valence-electron chi connectivity index (χ0n) is 12.7. The van der Waals surface area contributed by atoms with E-state index < -0.39 is 23.7 Å². The van der Waals surface area contributed by atoms with Gasteiger partial charge in [0.25, 0.3) is 0 Å². The molecule has 130 valence electrons. The SMILES string of the molecule is O=C(O)N[C@@H](c1ccc(Cl)c(C(=O)c2cnc(Cl)cn2)c1F)C1CC1. The number of carbonyl (C=O) groups excluding carboxylic acids is 1. The summed E-state index contributed by atoms with van der Waals surface area (Å²) in [6, 6.07) is 2.02. The molecule has 1 fully saturated rings. The molecule has 1 saturated carbocycles. The lowest BCUT2D eigenvalue weighted by Gasteiger charge is -2.19. The molecule has 0 saturated heterocycles. The number of rotatable bonds is 5. The minimum absolute atomic E-state index is 0.00921. The van der Waals surface area contributed by atoms with E-state index in [2.05, 4.69) is 15.3 Å². The van der Waals surface area contributed by atoms with Crippen LogP contribution in [0.5, 0.6) is 0 Å². The van der Waals surface area contributed by atoms with Crippen LogP contribution in [0.25, 0.3) is 0 Å². The van der Waals surface area contributed by atoms with Gasteiger partial charge < -0.3 is 10.4 Å². The van der Waals surface area contributed by atoms with Crippen molar-refractivity contribution in [3.63, 3.8) is 0 Å². The summed E-state index contributed by atoms with van der Waals surface area (Å²) < 4.78 is 15.0. The third-order valence-electron chi connectivity index (χ3n) is 3.91. The summed E-state index contributed by atoms with van der Waals surface area (Å²) in [5, 5.41) is 11.3. The molecule has 9 heteroatoms. The van der Waals surface area contributed by atoms with Gasteiger partial charge in [-0.2, -0.15) is 0 Å². The lowest BCUT2D eigenvalue weighted by Crippen LogP contribution is -2.29. The molecule has 0 bridgehead atoms. The Kier molecular flexibility index (Phi) is 4.87. The van der Waals surface area contributed by atoms with Crippen molar-refractivity contribution in [1.29, 1.82) is 0 Å². The maximum Gasteiger partial charge on any atom is 0.405 e. The Bertz CT molecular complexity index is 841. The largest absolute Gasteiger partial charge is 0.465 e. The molecule has 1 amide bonds. The van der Waals surface area contributed by atoms with Crippen LogP contribution in [0.15, 0.2) is 24.5 Å². The molecule has 2 N–H and O–H groups in total. The quantitative estimate of drug-likeness (QED) is 0.764. The topological polar surface area (TPSA) is 92.2 Å². The smallest absolute Gasteiger partial charge is 0.405 e. The number of benzene rings is 1. The van der Waals surface area contributed by atoms with Crippen molar-refractivity contribution in [3.8, 4) is 0 Å². The van der Waals surface area contributed by atoms with Gasteiger partial charge in [0.15, 0.2) is 0 Å². The van der Waals surface area contributed by atoms with Gasteiger partial charge in [-0.25, -0.2) is 19.2 Å². The highest BCUT2D eigenvalue weighted by molar-refractivity contribution is 6.35. The average Bonchev–Trinajstić information content (AvgIpc) is 3.38. The second-order valence-electron chi connectivity index (χ2n) is 5.64. The Morgan fingerprint density at radius 3 is 2.52 bits per heavy atom. The third kappa shape index (κ3) is 3.72. The first-order valence-electron chi connectivity index (χ1n) is 7.38. The average molecular weight is 384 g/mol. The summed E-state index contributed by atoms with van der Waals surface area (Å²) in [5.74, 6) is -1.62. The van der Waals surface area contributed by atoms with Crippen molar-refractivity contribution in [2.24, 2.45) is 5.92 Å². The molecule has 1 aliphatic rings. The fraction of sp³-hybridized carbons (Fsp3) is 0.250. The first-order chi connectivity index (χ1) is 11.9. The summed E-state index contributed by atoms with van der Waals surface area (Å²) in [5.41, 5.74) is -0.398. The van der Waals surface area contributed by atoms with Gasteiger partial charge in [0, 0.05) is 5.56 Å². The fourth-order valence-corrected chi connectivity index (χ4v) is 2.92. The normalized spacial score (nSPS) is 14.8. The van der Waals surface area contributed by atoms with E-state index in [4.69, 9.17) is 28.3 Å². The van der Waals surface area contributed by atoms with E-state index in [-0.39, 0.29) is 32.9 Å². The Morgan fingerprint density at radius 1 is 1.24 bits per heavy atom. The molecule has 1 aromatic carbocycles. The van der Waals surface area contributed by atoms with Gasteiger partial charge in [-0.05, 0) is 24.8 Å². The summed E-state index contributed by atoms with van der Waals surface area (Å²) >= 11 is 11.6. The van der Waals surface area contributed by atoms with Gasteiger partial charge >= 0.3 is 6.09 Å². The lowest BCUT2D eigenvalue weighted by molar-refractivity contribution is 0.103. The maximum atomic E-state index is 15.0.